The Morgan fingerprint density at radius 2 is 1.85 bits per heavy atom. The molecular formula is C20H18N2O5. The van der Waals surface area contributed by atoms with Crippen molar-refractivity contribution in [1.29, 1.82) is 0 Å². The summed E-state index contributed by atoms with van der Waals surface area (Å²) in [6.45, 7) is 0. The summed E-state index contributed by atoms with van der Waals surface area (Å²) < 4.78 is 4.77. The van der Waals surface area contributed by atoms with Crippen molar-refractivity contribution >= 4 is 22.8 Å². The zero-order valence-electron chi connectivity index (χ0n) is 14.5. The number of methoxy groups -OCH3 is 1. The van der Waals surface area contributed by atoms with E-state index in [0.717, 1.165) is 5.56 Å². The highest BCUT2D eigenvalue weighted by Gasteiger charge is 2.24. The van der Waals surface area contributed by atoms with Gasteiger partial charge in [0.2, 0.25) is 0 Å². The molecule has 1 aromatic heterocycles. The van der Waals surface area contributed by atoms with E-state index in [1.807, 2.05) is 0 Å². The van der Waals surface area contributed by atoms with Crippen LogP contribution in [0.5, 0.6) is 11.5 Å². The molecule has 1 amide bonds. The standard InChI is InChI=1S/C20H18N2O5/c1-27-20(26)16(11-12-4-7-14(23)8-5-12)22-19(25)15-9-6-13-3-2-10-21-17(13)18(15)24/h2-10,16,23-24H,11H2,1H3,(H,22,25). The Bertz CT molecular complexity index is 985. The molecule has 0 fully saturated rings. The zero-order chi connectivity index (χ0) is 19.4. The van der Waals surface area contributed by atoms with Crippen LogP contribution < -0.4 is 5.32 Å². The van der Waals surface area contributed by atoms with Gasteiger partial charge >= 0.3 is 5.97 Å². The van der Waals surface area contributed by atoms with Crippen LogP contribution in [0.3, 0.4) is 0 Å². The number of aromatic nitrogens is 1. The van der Waals surface area contributed by atoms with Gasteiger partial charge in [0.05, 0.1) is 12.7 Å². The average molecular weight is 366 g/mol. The summed E-state index contributed by atoms with van der Waals surface area (Å²) in [6, 6.07) is 12.0. The van der Waals surface area contributed by atoms with Crippen LogP contribution in [0.4, 0.5) is 0 Å². The quantitative estimate of drug-likeness (QED) is 0.597. The Morgan fingerprint density at radius 3 is 2.56 bits per heavy atom. The molecule has 138 valence electrons. The Morgan fingerprint density at radius 1 is 1.11 bits per heavy atom. The fourth-order valence-electron chi connectivity index (χ4n) is 2.75. The molecule has 1 atom stereocenters. The molecule has 0 saturated heterocycles. The van der Waals surface area contributed by atoms with Crippen molar-refractivity contribution in [1.82, 2.24) is 10.3 Å². The van der Waals surface area contributed by atoms with Gasteiger partial charge in [0, 0.05) is 18.0 Å². The number of ether oxygens (including phenoxy) is 1. The van der Waals surface area contributed by atoms with E-state index in [0.29, 0.717) is 10.9 Å². The molecule has 2 aromatic carbocycles. The Kier molecular flexibility index (Phi) is 5.21. The molecule has 27 heavy (non-hydrogen) atoms. The lowest BCUT2D eigenvalue weighted by Gasteiger charge is -2.17. The van der Waals surface area contributed by atoms with E-state index < -0.39 is 17.9 Å². The number of phenols is 2. The van der Waals surface area contributed by atoms with Gasteiger partial charge in [-0.1, -0.05) is 24.3 Å². The minimum absolute atomic E-state index is 0.0146. The van der Waals surface area contributed by atoms with Crippen LogP contribution in [0.25, 0.3) is 10.9 Å². The number of amides is 1. The van der Waals surface area contributed by atoms with Crippen molar-refractivity contribution in [3.8, 4) is 11.5 Å². The third-order valence-electron chi connectivity index (χ3n) is 4.16. The second-order valence-corrected chi connectivity index (χ2v) is 5.96. The summed E-state index contributed by atoms with van der Waals surface area (Å²) in [5.41, 5.74) is 1.05. The molecular weight excluding hydrogens is 348 g/mol. The van der Waals surface area contributed by atoms with Gasteiger partial charge < -0.3 is 20.3 Å². The van der Waals surface area contributed by atoms with Gasteiger partial charge in [-0.05, 0) is 29.8 Å². The van der Waals surface area contributed by atoms with Crippen molar-refractivity contribution in [3.05, 3.63) is 65.9 Å². The molecule has 0 aliphatic carbocycles. The second-order valence-electron chi connectivity index (χ2n) is 5.96. The van der Waals surface area contributed by atoms with Crippen molar-refractivity contribution in [2.75, 3.05) is 7.11 Å². The minimum atomic E-state index is -0.953. The fourth-order valence-corrected chi connectivity index (χ4v) is 2.75. The van der Waals surface area contributed by atoms with Crippen LogP contribution in [0.15, 0.2) is 54.7 Å². The van der Waals surface area contributed by atoms with Crippen LogP contribution in [-0.2, 0) is 16.0 Å². The van der Waals surface area contributed by atoms with Crippen LogP contribution in [0.1, 0.15) is 15.9 Å². The highest BCUT2D eigenvalue weighted by molar-refractivity contribution is 6.03. The first-order valence-corrected chi connectivity index (χ1v) is 8.23. The van der Waals surface area contributed by atoms with Gasteiger partial charge in [0.15, 0.2) is 5.75 Å². The predicted octanol–water partition coefficient (Wildman–Crippen LogP) is 2.16. The number of phenolic OH excluding ortho intramolecular Hbond substituents is 2. The number of hydrogen-bond donors (Lipinski definition) is 3. The Hall–Kier alpha value is -3.61. The average Bonchev–Trinajstić information content (AvgIpc) is 2.69. The highest BCUT2D eigenvalue weighted by Crippen LogP contribution is 2.26. The fraction of sp³-hybridized carbons (Fsp3) is 0.150. The smallest absolute Gasteiger partial charge is 0.328 e. The predicted molar refractivity (Wildman–Crippen MR) is 98.5 cm³/mol. The number of benzene rings is 2. The van der Waals surface area contributed by atoms with Crippen LogP contribution >= 0.6 is 0 Å². The summed E-state index contributed by atoms with van der Waals surface area (Å²) in [5, 5.41) is 23.0. The monoisotopic (exact) mass is 366 g/mol. The first-order chi connectivity index (χ1) is 13.0. The van der Waals surface area contributed by atoms with Gasteiger partial charge in [0.25, 0.3) is 5.91 Å². The van der Waals surface area contributed by atoms with E-state index in [1.54, 1.807) is 30.3 Å². The lowest BCUT2D eigenvalue weighted by molar-refractivity contribution is -0.142. The Labute approximate surface area is 155 Å². The number of fused-ring (bicyclic) bond motifs is 1. The molecule has 0 aliphatic rings. The lowest BCUT2D eigenvalue weighted by atomic mass is 10.0. The van der Waals surface area contributed by atoms with Gasteiger partial charge in [-0.2, -0.15) is 0 Å². The molecule has 7 heteroatoms. The Balaban J connectivity index is 1.85. The van der Waals surface area contributed by atoms with E-state index in [9.17, 15) is 19.8 Å². The number of nitrogens with zero attached hydrogens (tertiary/aromatic N) is 1. The summed E-state index contributed by atoms with van der Waals surface area (Å²) >= 11 is 0. The van der Waals surface area contributed by atoms with Crippen molar-refractivity contribution in [3.63, 3.8) is 0 Å². The summed E-state index contributed by atoms with van der Waals surface area (Å²) in [5.74, 6) is -1.38. The van der Waals surface area contributed by atoms with Gasteiger partial charge in [-0.25, -0.2) is 4.79 Å². The molecule has 3 N–H and O–H groups in total. The number of hydrogen-bond acceptors (Lipinski definition) is 6. The molecule has 7 nitrogen and oxygen atoms in total. The van der Waals surface area contributed by atoms with E-state index in [1.165, 1.54) is 31.5 Å². The molecule has 3 rings (SSSR count). The molecule has 0 saturated carbocycles. The number of esters is 1. The number of aromatic hydroxyl groups is 2. The summed E-state index contributed by atoms with van der Waals surface area (Å²) in [4.78, 5) is 28.8. The van der Waals surface area contributed by atoms with Gasteiger partial charge in [-0.3, -0.25) is 9.78 Å². The maximum Gasteiger partial charge on any atom is 0.328 e. The number of rotatable bonds is 5. The van der Waals surface area contributed by atoms with Gasteiger partial charge in [-0.15, -0.1) is 0 Å². The normalized spacial score (nSPS) is 11.7. The molecule has 0 bridgehead atoms. The largest absolute Gasteiger partial charge is 0.508 e. The SMILES string of the molecule is COC(=O)C(Cc1ccc(O)cc1)NC(=O)c1ccc2cccnc2c1O. The molecule has 0 aliphatic heterocycles. The first-order valence-electron chi connectivity index (χ1n) is 8.23. The zero-order valence-corrected chi connectivity index (χ0v) is 14.5. The maximum absolute atomic E-state index is 12.6. The topological polar surface area (TPSA) is 109 Å². The van der Waals surface area contributed by atoms with Crippen LogP contribution in [-0.4, -0.2) is 40.2 Å². The number of nitrogens with one attached hydrogen (secondary N) is 1. The number of carbonyl (C=O) groups is 2. The number of carbonyl (C=O) groups excluding carboxylic acids is 2. The van der Waals surface area contributed by atoms with Crippen molar-refractivity contribution in [2.45, 2.75) is 12.5 Å². The third kappa shape index (κ3) is 3.98. The summed E-state index contributed by atoms with van der Waals surface area (Å²) in [7, 11) is 1.23. The van der Waals surface area contributed by atoms with Crippen LogP contribution in [0, 0.1) is 0 Å². The molecule has 3 aromatic rings. The van der Waals surface area contributed by atoms with Crippen molar-refractivity contribution in [2.24, 2.45) is 0 Å². The van der Waals surface area contributed by atoms with E-state index >= 15 is 0 Å². The number of pyridine rings is 1. The van der Waals surface area contributed by atoms with Crippen LogP contribution in [0.2, 0.25) is 0 Å². The lowest BCUT2D eigenvalue weighted by Crippen LogP contribution is -2.43. The second kappa shape index (κ2) is 7.74. The third-order valence-corrected chi connectivity index (χ3v) is 4.16. The molecule has 0 radical (unpaired) electrons. The van der Waals surface area contributed by atoms with E-state index in [-0.39, 0.29) is 23.5 Å². The molecule has 1 heterocycles. The van der Waals surface area contributed by atoms with Gasteiger partial charge in [0.1, 0.15) is 17.3 Å². The van der Waals surface area contributed by atoms with E-state index in [4.69, 9.17) is 4.74 Å². The maximum atomic E-state index is 12.6. The molecule has 0 spiro atoms. The summed E-state index contributed by atoms with van der Waals surface area (Å²) in [6.07, 6.45) is 1.69. The first kappa shape index (κ1) is 18.2. The highest BCUT2D eigenvalue weighted by atomic mass is 16.5. The molecule has 1 unspecified atom stereocenters. The van der Waals surface area contributed by atoms with E-state index in [2.05, 4.69) is 10.3 Å². The van der Waals surface area contributed by atoms with Crippen molar-refractivity contribution < 1.29 is 24.5 Å². The minimum Gasteiger partial charge on any atom is -0.508 e.